The topological polar surface area (TPSA) is 67.4 Å². The zero-order chi connectivity index (χ0) is 16.5. The number of aromatic nitrogens is 2. The van der Waals surface area contributed by atoms with Crippen molar-refractivity contribution < 1.29 is 4.79 Å². The van der Waals surface area contributed by atoms with E-state index in [1.807, 2.05) is 47.1 Å². The van der Waals surface area contributed by atoms with E-state index in [-0.39, 0.29) is 6.03 Å². The Morgan fingerprint density at radius 2 is 1.58 bits per heavy atom. The maximum absolute atomic E-state index is 11.3. The van der Waals surface area contributed by atoms with E-state index < -0.39 is 0 Å². The number of rotatable bonds is 2. The van der Waals surface area contributed by atoms with Crippen LogP contribution in [-0.4, -0.2) is 46.9 Å². The molecule has 2 N–H and O–H groups in total. The third-order valence-corrected chi connectivity index (χ3v) is 4.46. The molecule has 6 nitrogen and oxygen atoms in total. The molecule has 1 fully saturated rings. The summed E-state index contributed by atoms with van der Waals surface area (Å²) in [5.41, 5.74) is 7.49. The molecular weight excluding hydrogens is 302 g/mol. The summed E-state index contributed by atoms with van der Waals surface area (Å²) in [6, 6.07) is 18.0. The SMILES string of the molecule is NC(=O)N1CCN(c2nn(-c3ccccc3)c3ccccc23)CC1. The van der Waals surface area contributed by atoms with Crippen molar-refractivity contribution in [3.63, 3.8) is 0 Å². The molecule has 2 heterocycles. The molecule has 1 aliphatic heterocycles. The van der Waals surface area contributed by atoms with E-state index in [2.05, 4.69) is 17.0 Å². The van der Waals surface area contributed by atoms with Gasteiger partial charge in [0.05, 0.1) is 11.2 Å². The first-order valence-electron chi connectivity index (χ1n) is 8.06. The van der Waals surface area contributed by atoms with Crippen LogP contribution in [0.25, 0.3) is 16.6 Å². The number of anilines is 1. The third kappa shape index (κ3) is 2.46. The molecule has 122 valence electrons. The minimum atomic E-state index is -0.352. The van der Waals surface area contributed by atoms with Gasteiger partial charge in [0.25, 0.3) is 0 Å². The Balaban J connectivity index is 1.73. The van der Waals surface area contributed by atoms with Crippen LogP contribution < -0.4 is 10.6 Å². The summed E-state index contributed by atoms with van der Waals surface area (Å²) in [4.78, 5) is 15.2. The molecule has 4 rings (SSSR count). The molecule has 6 heteroatoms. The number of nitrogens with two attached hydrogens (primary N) is 1. The van der Waals surface area contributed by atoms with Gasteiger partial charge in [0, 0.05) is 31.6 Å². The smallest absolute Gasteiger partial charge is 0.314 e. The molecule has 0 saturated carbocycles. The Kier molecular flexibility index (Phi) is 3.57. The number of nitrogens with zero attached hydrogens (tertiary/aromatic N) is 4. The summed E-state index contributed by atoms with van der Waals surface area (Å²) in [7, 11) is 0. The lowest BCUT2D eigenvalue weighted by atomic mass is 10.2. The average Bonchev–Trinajstić information content (AvgIpc) is 3.02. The van der Waals surface area contributed by atoms with Gasteiger partial charge in [-0.2, -0.15) is 0 Å². The molecule has 1 saturated heterocycles. The van der Waals surface area contributed by atoms with Crippen LogP contribution in [0.5, 0.6) is 0 Å². The zero-order valence-corrected chi connectivity index (χ0v) is 13.3. The highest BCUT2D eigenvalue weighted by Crippen LogP contribution is 2.28. The largest absolute Gasteiger partial charge is 0.351 e. The lowest BCUT2D eigenvalue weighted by Crippen LogP contribution is -2.50. The van der Waals surface area contributed by atoms with Gasteiger partial charge < -0.3 is 15.5 Å². The van der Waals surface area contributed by atoms with E-state index in [1.165, 1.54) is 0 Å². The van der Waals surface area contributed by atoms with Crippen LogP contribution in [0.15, 0.2) is 54.6 Å². The fourth-order valence-corrected chi connectivity index (χ4v) is 3.19. The molecule has 0 unspecified atom stereocenters. The third-order valence-electron chi connectivity index (χ3n) is 4.46. The fourth-order valence-electron chi connectivity index (χ4n) is 3.19. The first-order chi connectivity index (χ1) is 11.7. The van der Waals surface area contributed by atoms with Crippen LogP contribution in [0.2, 0.25) is 0 Å². The number of urea groups is 1. The fraction of sp³-hybridized carbons (Fsp3) is 0.222. The van der Waals surface area contributed by atoms with E-state index in [9.17, 15) is 4.79 Å². The van der Waals surface area contributed by atoms with Crippen LogP contribution in [-0.2, 0) is 0 Å². The average molecular weight is 321 g/mol. The van der Waals surface area contributed by atoms with Crippen molar-refractivity contribution >= 4 is 22.8 Å². The summed E-state index contributed by atoms with van der Waals surface area (Å²) in [5, 5.41) is 5.98. The van der Waals surface area contributed by atoms with Gasteiger partial charge in [0.2, 0.25) is 0 Å². The van der Waals surface area contributed by atoms with Crippen LogP contribution in [0, 0.1) is 0 Å². The lowest BCUT2D eigenvalue weighted by Gasteiger charge is -2.34. The predicted molar refractivity (Wildman–Crippen MR) is 94.4 cm³/mol. The van der Waals surface area contributed by atoms with Gasteiger partial charge in [0.1, 0.15) is 0 Å². The lowest BCUT2D eigenvalue weighted by molar-refractivity contribution is 0.204. The van der Waals surface area contributed by atoms with Gasteiger partial charge in [-0.05, 0) is 24.3 Å². The normalized spacial score (nSPS) is 15.0. The summed E-state index contributed by atoms with van der Waals surface area (Å²) in [6.45, 7) is 2.72. The highest BCUT2D eigenvalue weighted by Gasteiger charge is 2.23. The Hall–Kier alpha value is -3.02. The standard InChI is InChI=1S/C18H19N5O/c19-18(24)22-12-10-21(11-13-22)17-15-8-4-5-9-16(15)23(20-17)14-6-2-1-3-7-14/h1-9H,10-13H2,(H2,19,24). The number of piperazine rings is 1. The molecule has 0 bridgehead atoms. The second kappa shape index (κ2) is 5.88. The molecule has 0 radical (unpaired) electrons. The summed E-state index contributed by atoms with van der Waals surface area (Å²) in [5.74, 6) is 0.957. The molecule has 0 aliphatic carbocycles. The summed E-state index contributed by atoms with van der Waals surface area (Å²) in [6.07, 6.45) is 0. The number of carbonyl (C=O) groups excluding carboxylic acids is 1. The molecule has 2 aromatic carbocycles. The van der Waals surface area contributed by atoms with Crippen LogP contribution >= 0.6 is 0 Å². The second-order valence-corrected chi connectivity index (χ2v) is 5.90. The first kappa shape index (κ1) is 14.6. The van der Waals surface area contributed by atoms with Gasteiger partial charge >= 0.3 is 6.03 Å². The summed E-state index contributed by atoms with van der Waals surface area (Å²) < 4.78 is 1.98. The number of amides is 2. The molecular formula is C18H19N5O. The number of hydrogen-bond donors (Lipinski definition) is 1. The van der Waals surface area contributed by atoms with E-state index in [4.69, 9.17) is 10.8 Å². The van der Waals surface area contributed by atoms with E-state index in [0.717, 1.165) is 35.5 Å². The van der Waals surface area contributed by atoms with E-state index >= 15 is 0 Å². The van der Waals surface area contributed by atoms with Gasteiger partial charge in [-0.25, -0.2) is 9.48 Å². The number of primary amides is 1. The van der Waals surface area contributed by atoms with Crippen molar-refractivity contribution in [1.29, 1.82) is 0 Å². The highest BCUT2D eigenvalue weighted by molar-refractivity contribution is 5.92. The minimum absolute atomic E-state index is 0.352. The highest BCUT2D eigenvalue weighted by atomic mass is 16.2. The van der Waals surface area contributed by atoms with Crippen molar-refractivity contribution in [2.75, 3.05) is 31.1 Å². The number of para-hydroxylation sites is 2. The number of benzene rings is 2. The maximum atomic E-state index is 11.3. The Morgan fingerprint density at radius 3 is 2.29 bits per heavy atom. The van der Waals surface area contributed by atoms with E-state index in [0.29, 0.717) is 13.1 Å². The van der Waals surface area contributed by atoms with Gasteiger partial charge in [0.15, 0.2) is 5.82 Å². The monoisotopic (exact) mass is 321 g/mol. The minimum Gasteiger partial charge on any atom is -0.351 e. The Morgan fingerprint density at radius 1 is 0.917 bits per heavy atom. The van der Waals surface area contributed by atoms with E-state index in [1.54, 1.807) is 4.90 Å². The Bertz CT molecular complexity index is 866. The molecule has 3 aromatic rings. The number of carbonyl (C=O) groups is 1. The second-order valence-electron chi connectivity index (χ2n) is 5.90. The first-order valence-corrected chi connectivity index (χ1v) is 8.06. The molecule has 0 spiro atoms. The number of fused-ring (bicyclic) bond motifs is 1. The van der Waals surface area contributed by atoms with Gasteiger partial charge in [-0.1, -0.05) is 30.3 Å². The predicted octanol–water partition coefficient (Wildman–Crippen LogP) is 2.23. The number of hydrogen-bond acceptors (Lipinski definition) is 3. The van der Waals surface area contributed by atoms with Crippen LogP contribution in [0.4, 0.5) is 10.6 Å². The maximum Gasteiger partial charge on any atom is 0.314 e. The van der Waals surface area contributed by atoms with Crippen LogP contribution in [0.1, 0.15) is 0 Å². The van der Waals surface area contributed by atoms with Crippen LogP contribution in [0.3, 0.4) is 0 Å². The molecule has 1 aliphatic rings. The van der Waals surface area contributed by atoms with Crippen molar-refractivity contribution in [3.05, 3.63) is 54.6 Å². The van der Waals surface area contributed by atoms with Gasteiger partial charge in [-0.15, -0.1) is 5.10 Å². The molecule has 2 amide bonds. The molecule has 1 aromatic heterocycles. The zero-order valence-electron chi connectivity index (χ0n) is 13.3. The molecule has 0 atom stereocenters. The van der Waals surface area contributed by atoms with Gasteiger partial charge in [-0.3, -0.25) is 0 Å². The van der Waals surface area contributed by atoms with Crippen molar-refractivity contribution in [1.82, 2.24) is 14.7 Å². The van der Waals surface area contributed by atoms with Crippen molar-refractivity contribution in [2.24, 2.45) is 5.73 Å². The molecule has 24 heavy (non-hydrogen) atoms. The summed E-state index contributed by atoms with van der Waals surface area (Å²) >= 11 is 0. The van der Waals surface area contributed by atoms with Crippen molar-refractivity contribution in [2.45, 2.75) is 0 Å². The quantitative estimate of drug-likeness (QED) is 0.787. The Labute approximate surface area is 140 Å². The van der Waals surface area contributed by atoms with Crippen molar-refractivity contribution in [3.8, 4) is 5.69 Å².